The molecule has 4 heteroatoms. The van der Waals surface area contributed by atoms with Crippen molar-refractivity contribution in [2.75, 3.05) is 5.75 Å². The zero-order chi connectivity index (χ0) is 10.3. The zero-order valence-electron chi connectivity index (χ0n) is 8.96. The molecule has 2 heterocycles. The van der Waals surface area contributed by atoms with E-state index in [1.54, 1.807) is 0 Å². The minimum absolute atomic E-state index is 0.0113. The van der Waals surface area contributed by atoms with Gasteiger partial charge in [-0.05, 0) is 11.8 Å². The maximum absolute atomic E-state index is 11.2. The van der Waals surface area contributed by atoms with Crippen molar-refractivity contribution >= 4 is 17.8 Å². The maximum Gasteiger partial charge on any atom is 0.315 e. The number of hydrogen-bond acceptors (Lipinski definition) is 2. The molecule has 0 bridgehead atoms. The Morgan fingerprint density at radius 3 is 2.86 bits per heavy atom. The zero-order valence-corrected chi connectivity index (χ0v) is 9.78. The summed E-state index contributed by atoms with van der Waals surface area (Å²) < 4.78 is 0. The first-order valence-corrected chi connectivity index (χ1v) is 6.28. The van der Waals surface area contributed by atoms with E-state index < -0.39 is 0 Å². The summed E-state index contributed by atoms with van der Waals surface area (Å²) in [6, 6.07) is 0.697. The molecule has 0 saturated carbocycles. The summed E-state index contributed by atoms with van der Waals surface area (Å²) in [6.45, 7) is 6.80. The van der Waals surface area contributed by atoms with Crippen molar-refractivity contribution in [3.63, 3.8) is 0 Å². The molecular weight excluding hydrogens is 196 g/mol. The Balaban J connectivity index is 2.12. The van der Waals surface area contributed by atoms with Gasteiger partial charge in [-0.25, -0.2) is 4.79 Å². The summed E-state index contributed by atoms with van der Waals surface area (Å²) in [5, 5.41) is 6.56. The Morgan fingerprint density at radius 1 is 1.50 bits per heavy atom. The summed E-state index contributed by atoms with van der Waals surface area (Å²) in [6.07, 6.45) is 1.16. The van der Waals surface area contributed by atoms with E-state index in [0.29, 0.717) is 22.7 Å². The Kier molecular flexibility index (Phi) is 2.41. The van der Waals surface area contributed by atoms with Gasteiger partial charge in [-0.15, -0.1) is 0 Å². The van der Waals surface area contributed by atoms with E-state index in [-0.39, 0.29) is 6.03 Å². The van der Waals surface area contributed by atoms with Crippen LogP contribution in [0.3, 0.4) is 0 Å². The van der Waals surface area contributed by atoms with Crippen molar-refractivity contribution in [1.29, 1.82) is 0 Å². The summed E-state index contributed by atoms with van der Waals surface area (Å²) in [5.74, 6) is 1.05. The summed E-state index contributed by atoms with van der Waals surface area (Å²) in [7, 11) is 0. The molecule has 2 rings (SSSR count). The molecule has 2 aliphatic heterocycles. The number of fused-ring (bicyclic) bond motifs is 1. The first-order chi connectivity index (χ1) is 6.54. The van der Waals surface area contributed by atoms with Gasteiger partial charge < -0.3 is 10.6 Å². The van der Waals surface area contributed by atoms with Gasteiger partial charge >= 0.3 is 6.03 Å². The van der Waals surface area contributed by atoms with Gasteiger partial charge in [0.2, 0.25) is 0 Å². The summed E-state index contributed by atoms with van der Waals surface area (Å²) in [5.41, 5.74) is 0.309. The third-order valence-corrected chi connectivity index (χ3v) is 5.35. The number of carbonyl (C=O) groups is 1. The maximum atomic E-state index is 11.2. The van der Waals surface area contributed by atoms with E-state index in [4.69, 9.17) is 0 Å². The van der Waals surface area contributed by atoms with E-state index in [1.165, 1.54) is 0 Å². The van der Waals surface area contributed by atoms with E-state index in [9.17, 15) is 4.79 Å². The molecule has 0 aromatic heterocycles. The quantitative estimate of drug-likeness (QED) is 0.685. The number of thioether (sulfide) groups is 1. The number of carbonyl (C=O) groups excluding carboxylic acids is 1. The highest BCUT2D eigenvalue weighted by Crippen LogP contribution is 2.42. The second kappa shape index (κ2) is 3.33. The van der Waals surface area contributed by atoms with Crippen LogP contribution in [0.2, 0.25) is 0 Å². The lowest BCUT2D eigenvalue weighted by molar-refractivity contribution is 0.245. The van der Waals surface area contributed by atoms with Crippen LogP contribution >= 0.6 is 11.8 Å². The van der Waals surface area contributed by atoms with Gasteiger partial charge in [-0.1, -0.05) is 20.8 Å². The molecule has 2 fully saturated rings. The fraction of sp³-hybridized carbons (Fsp3) is 0.900. The van der Waals surface area contributed by atoms with Crippen molar-refractivity contribution in [2.45, 2.75) is 44.5 Å². The molecule has 0 aromatic rings. The van der Waals surface area contributed by atoms with Crippen LogP contribution in [-0.2, 0) is 0 Å². The minimum atomic E-state index is 0.0113. The SMILES string of the molecule is CCC(C)(C)C1SC[C@@H]2NC(=O)N[C@H]12. The van der Waals surface area contributed by atoms with Crippen LogP contribution < -0.4 is 10.6 Å². The first-order valence-electron chi connectivity index (χ1n) is 5.23. The molecule has 0 aromatic carbocycles. The number of amides is 2. The second-order valence-electron chi connectivity index (χ2n) is 4.85. The average molecular weight is 214 g/mol. The van der Waals surface area contributed by atoms with Crippen molar-refractivity contribution in [1.82, 2.24) is 10.6 Å². The van der Waals surface area contributed by atoms with Crippen LogP contribution in [0, 0.1) is 5.41 Å². The lowest BCUT2D eigenvalue weighted by Gasteiger charge is -2.33. The lowest BCUT2D eigenvalue weighted by Crippen LogP contribution is -2.43. The number of urea groups is 1. The topological polar surface area (TPSA) is 41.1 Å². The smallest absolute Gasteiger partial charge is 0.315 e. The van der Waals surface area contributed by atoms with Crippen LogP contribution in [0.25, 0.3) is 0 Å². The van der Waals surface area contributed by atoms with Crippen LogP contribution in [-0.4, -0.2) is 29.1 Å². The number of rotatable bonds is 2. The standard InChI is InChI=1S/C10H18N2OS/c1-4-10(2,3)8-7-6(5-14-8)11-9(13)12-7/h6-8H,4-5H2,1-3H3,(H2,11,12,13)/t6-,7-,8?/m0/s1. The van der Waals surface area contributed by atoms with Gasteiger partial charge in [0.1, 0.15) is 0 Å². The monoisotopic (exact) mass is 214 g/mol. The van der Waals surface area contributed by atoms with Gasteiger partial charge in [0.25, 0.3) is 0 Å². The largest absolute Gasteiger partial charge is 0.332 e. The van der Waals surface area contributed by atoms with Crippen LogP contribution in [0.4, 0.5) is 4.79 Å². The third-order valence-electron chi connectivity index (χ3n) is 3.51. The second-order valence-corrected chi connectivity index (χ2v) is 6.02. The van der Waals surface area contributed by atoms with Crippen molar-refractivity contribution < 1.29 is 4.79 Å². The van der Waals surface area contributed by atoms with Gasteiger partial charge in [0, 0.05) is 11.0 Å². The van der Waals surface area contributed by atoms with Gasteiger partial charge in [0.05, 0.1) is 12.1 Å². The van der Waals surface area contributed by atoms with E-state index in [1.807, 2.05) is 11.8 Å². The van der Waals surface area contributed by atoms with Gasteiger partial charge in [0.15, 0.2) is 0 Å². The predicted octanol–water partition coefficient (Wildman–Crippen LogP) is 1.59. The van der Waals surface area contributed by atoms with Gasteiger partial charge in [-0.2, -0.15) is 11.8 Å². The molecular formula is C10H18N2OS. The van der Waals surface area contributed by atoms with Crippen LogP contribution in [0.15, 0.2) is 0 Å². The molecule has 0 aliphatic carbocycles. The summed E-state index contributed by atoms with van der Waals surface area (Å²) in [4.78, 5) is 11.2. The van der Waals surface area contributed by atoms with E-state index in [0.717, 1.165) is 12.2 Å². The molecule has 3 atom stereocenters. The number of hydrogen-bond donors (Lipinski definition) is 2. The molecule has 0 radical (unpaired) electrons. The first kappa shape index (κ1) is 10.1. The van der Waals surface area contributed by atoms with Crippen molar-refractivity contribution in [3.8, 4) is 0 Å². The Morgan fingerprint density at radius 2 is 2.21 bits per heavy atom. The Labute approximate surface area is 89.4 Å². The minimum Gasteiger partial charge on any atom is -0.332 e. The van der Waals surface area contributed by atoms with Crippen LogP contribution in [0.5, 0.6) is 0 Å². The number of nitrogens with one attached hydrogen (secondary N) is 2. The van der Waals surface area contributed by atoms with E-state index in [2.05, 4.69) is 31.4 Å². The fourth-order valence-corrected chi connectivity index (χ4v) is 4.00. The molecule has 2 aliphatic rings. The lowest BCUT2D eigenvalue weighted by atomic mass is 9.81. The highest BCUT2D eigenvalue weighted by Gasteiger charge is 2.48. The van der Waals surface area contributed by atoms with Crippen LogP contribution in [0.1, 0.15) is 27.2 Å². The highest BCUT2D eigenvalue weighted by atomic mass is 32.2. The average Bonchev–Trinajstić information content (AvgIpc) is 2.62. The molecule has 2 saturated heterocycles. The highest BCUT2D eigenvalue weighted by molar-refractivity contribution is 8.00. The summed E-state index contributed by atoms with van der Waals surface area (Å²) >= 11 is 1.99. The molecule has 0 spiro atoms. The predicted molar refractivity (Wildman–Crippen MR) is 59.6 cm³/mol. The van der Waals surface area contributed by atoms with Crippen molar-refractivity contribution in [2.24, 2.45) is 5.41 Å². The van der Waals surface area contributed by atoms with Crippen molar-refractivity contribution in [3.05, 3.63) is 0 Å². The Hall–Kier alpha value is -0.380. The molecule has 80 valence electrons. The normalized spacial score (nSPS) is 36.5. The molecule has 2 amide bonds. The Bertz CT molecular complexity index is 255. The third kappa shape index (κ3) is 1.49. The fourth-order valence-electron chi connectivity index (χ4n) is 2.21. The molecule has 1 unspecified atom stereocenters. The molecule has 3 nitrogen and oxygen atoms in total. The van der Waals surface area contributed by atoms with E-state index >= 15 is 0 Å². The molecule has 14 heavy (non-hydrogen) atoms. The van der Waals surface area contributed by atoms with Gasteiger partial charge in [-0.3, -0.25) is 0 Å². The molecule has 2 N–H and O–H groups in total.